The fourth-order valence-electron chi connectivity index (χ4n) is 1.43. The maximum atomic E-state index is 10.9. The highest BCUT2D eigenvalue weighted by atomic mass is 16.5. The van der Waals surface area contributed by atoms with Crippen LogP contribution in [-0.2, 0) is 17.7 Å². The molecule has 14 heavy (non-hydrogen) atoms. The first-order valence-corrected chi connectivity index (χ1v) is 4.43. The van der Waals surface area contributed by atoms with Crippen molar-refractivity contribution in [2.75, 3.05) is 19.0 Å². The number of aromatic nitrogens is 2. The Labute approximate surface area is 81.1 Å². The molecule has 0 bridgehead atoms. The summed E-state index contributed by atoms with van der Waals surface area (Å²) in [4.78, 5) is 18.1. The van der Waals surface area contributed by atoms with Crippen molar-refractivity contribution in [3.05, 3.63) is 11.4 Å². The number of carbonyl (C=O) groups is 1. The zero-order valence-electron chi connectivity index (χ0n) is 7.89. The summed E-state index contributed by atoms with van der Waals surface area (Å²) in [5.41, 5.74) is 2.04. The van der Waals surface area contributed by atoms with Gasteiger partial charge in [-0.05, 0) is 0 Å². The van der Waals surface area contributed by atoms with Gasteiger partial charge in [0.15, 0.2) is 0 Å². The summed E-state index contributed by atoms with van der Waals surface area (Å²) < 4.78 is 4.46. The van der Waals surface area contributed by atoms with Gasteiger partial charge >= 0.3 is 6.09 Å². The summed E-state index contributed by atoms with van der Waals surface area (Å²) >= 11 is 0. The number of hydrogen-bond acceptors (Lipinski definition) is 4. The number of nitrogens with zero attached hydrogens (tertiary/aromatic N) is 1. The second kappa shape index (κ2) is 3.67. The number of methoxy groups -OCH3 is 1. The van der Waals surface area contributed by atoms with E-state index in [1.165, 1.54) is 7.11 Å². The summed E-state index contributed by atoms with van der Waals surface area (Å²) in [7, 11) is 1.32. The van der Waals surface area contributed by atoms with Crippen molar-refractivity contribution in [2.45, 2.75) is 13.0 Å². The largest absolute Gasteiger partial charge is 0.453 e. The maximum Gasteiger partial charge on any atom is 0.413 e. The summed E-state index contributed by atoms with van der Waals surface area (Å²) in [6.07, 6.45) is 0.373. The molecule has 0 aliphatic carbocycles. The van der Waals surface area contributed by atoms with E-state index < -0.39 is 6.09 Å². The monoisotopic (exact) mass is 196 g/mol. The van der Waals surface area contributed by atoms with Crippen LogP contribution in [0.5, 0.6) is 0 Å². The van der Waals surface area contributed by atoms with Gasteiger partial charge in [-0.2, -0.15) is 0 Å². The first-order chi connectivity index (χ1) is 6.79. The fraction of sp³-hybridized carbons (Fsp3) is 0.500. The Bertz CT molecular complexity index is 324. The predicted molar refractivity (Wildman–Crippen MR) is 50.0 cm³/mol. The van der Waals surface area contributed by atoms with Gasteiger partial charge in [-0.25, -0.2) is 9.78 Å². The highest BCUT2D eigenvalue weighted by molar-refractivity contribution is 5.82. The Morgan fingerprint density at radius 1 is 1.64 bits per heavy atom. The van der Waals surface area contributed by atoms with E-state index in [4.69, 9.17) is 0 Å². The van der Waals surface area contributed by atoms with Crippen LogP contribution in [0.15, 0.2) is 0 Å². The molecule has 0 saturated carbocycles. The average molecular weight is 196 g/mol. The van der Waals surface area contributed by atoms with Crippen LogP contribution in [0.2, 0.25) is 0 Å². The van der Waals surface area contributed by atoms with Gasteiger partial charge in [-0.15, -0.1) is 0 Å². The standard InChI is InChI=1S/C8H12N4O2/c1-14-8(13)12-7-10-5-2-3-9-4-6(5)11-7/h9H,2-4H2,1H3,(H2,10,11,12,13). The molecule has 76 valence electrons. The van der Waals surface area contributed by atoms with E-state index in [1.54, 1.807) is 0 Å². The van der Waals surface area contributed by atoms with Crippen molar-refractivity contribution in [1.29, 1.82) is 0 Å². The number of nitrogens with one attached hydrogen (secondary N) is 3. The normalized spacial score (nSPS) is 14.6. The second-order valence-electron chi connectivity index (χ2n) is 3.05. The molecule has 0 spiro atoms. The Kier molecular flexibility index (Phi) is 2.36. The first kappa shape index (κ1) is 9.01. The lowest BCUT2D eigenvalue weighted by Crippen LogP contribution is -2.23. The number of H-pyrrole nitrogens is 1. The summed E-state index contributed by atoms with van der Waals surface area (Å²) in [5, 5.41) is 5.70. The van der Waals surface area contributed by atoms with Crippen LogP contribution in [0.25, 0.3) is 0 Å². The van der Waals surface area contributed by atoms with Crippen molar-refractivity contribution in [2.24, 2.45) is 0 Å². The lowest BCUT2D eigenvalue weighted by Gasteiger charge is -2.09. The minimum Gasteiger partial charge on any atom is -0.453 e. The van der Waals surface area contributed by atoms with Crippen LogP contribution >= 0.6 is 0 Å². The smallest absolute Gasteiger partial charge is 0.413 e. The van der Waals surface area contributed by atoms with Gasteiger partial charge in [0.2, 0.25) is 5.95 Å². The number of hydrogen-bond donors (Lipinski definition) is 3. The molecule has 0 aromatic carbocycles. The lowest BCUT2D eigenvalue weighted by molar-refractivity contribution is 0.186. The minimum atomic E-state index is -0.510. The molecule has 0 atom stereocenters. The quantitative estimate of drug-likeness (QED) is 0.601. The fourth-order valence-corrected chi connectivity index (χ4v) is 1.43. The maximum absolute atomic E-state index is 10.9. The van der Waals surface area contributed by atoms with Crippen molar-refractivity contribution < 1.29 is 9.53 Å². The molecule has 6 heteroatoms. The molecule has 1 aliphatic heterocycles. The Hall–Kier alpha value is -1.56. The zero-order chi connectivity index (χ0) is 9.97. The van der Waals surface area contributed by atoms with E-state index in [0.29, 0.717) is 5.95 Å². The number of anilines is 1. The van der Waals surface area contributed by atoms with E-state index >= 15 is 0 Å². The van der Waals surface area contributed by atoms with E-state index in [0.717, 1.165) is 30.9 Å². The highest BCUT2D eigenvalue weighted by Crippen LogP contribution is 2.13. The number of rotatable bonds is 1. The van der Waals surface area contributed by atoms with Gasteiger partial charge in [0.25, 0.3) is 0 Å². The van der Waals surface area contributed by atoms with Gasteiger partial charge < -0.3 is 15.0 Å². The Morgan fingerprint density at radius 3 is 3.21 bits per heavy atom. The number of imidazole rings is 1. The van der Waals surface area contributed by atoms with Gasteiger partial charge in [0.1, 0.15) is 0 Å². The number of ether oxygens (including phenoxy) is 1. The van der Waals surface area contributed by atoms with E-state index in [1.807, 2.05) is 0 Å². The molecule has 1 aromatic heterocycles. The van der Waals surface area contributed by atoms with Crippen LogP contribution < -0.4 is 10.6 Å². The molecular weight excluding hydrogens is 184 g/mol. The van der Waals surface area contributed by atoms with Gasteiger partial charge in [0, 0.05) is 19.5 Å². The molecule has 1 aliphatic rings. The zero-order valence-corrected chi connectivity index (χ0v) is 7.89. The third kappa shape index (κ3) is 1.69. The summed E-state index contributed by atoms with van der Waals surface area (Å²) in [6, 6.07) is 0. The van der Waals surface area contributed by atoms with Crippen LogP contribution in [0.1, 0.15) is 11.4 Å². The van der Waals surface area contributed by atoms with Crippen molar-refractivity contribution in [3.8, 4) is 0 Å². The average Bonchev–Trinajstić information content (AvgIpc) is 2.59. The van der Waals surface area contributed by atoms with E-state index in [-0.39, 0.29) is 0 Å². The third-order valence-electron chi connectivity index (χ3n) is 2.11. The Morgan fingerprint density at radius 2 is 2.50 bits per heavy atom. The first-order valence-electron chi connectivity index (χ1n) is 4.43. The molecule has 2 heterocycles. The minimum absolute atomic E-state index is 0.450. The molecule has 0 fully saturated rings. The summed E-state index contributed by atoms with van der Waals surface area (Å²) in [5.74, 6) is 0.450. The van der Waals surface area contributed by atoms with Crippen LogP contribution in [0, 0.1) is 0 Å². The predicted octanol–water partition coefficient (Wildman–Crippen LogP) is 0.234. The van der Waals surface area contributed by atoms with Gasteiger partial charge in [-0.1, -0.05) is 0 Å². The molecule has 1 amide bonds. The molecule has 0 radical (unpaired) electrons. The molecule has 3 N–H and O–H groups in total. The van der Waals surface area contributed by atoms with Gasteiger partial charge in [-0.3, -0.25) is 5.32 Å². The summed E-state index contributed by atoms with van der Waals surface area (Å²) in [6.45, 7) is 1.70. The molecular formula is C8H12N4O2. The highest BCUT2D eigenvalue weighted by Gasteiger charge is 2.14. The van der Waals surface area contributed by atoms with Crippen LogP contribution in [0.4, 0.5) is 10.7 Å². The molecule has 2 rings (SSSR count). The van der Waals surface area contributed by atoms with Crippen molar-refractivity contribution in [3.63, 3.8) is 0 Å². The second-order valence-corrected chi connectivity index (χ2v) is 3.05. The number of amides is 1. The number of aromatic amines is 1. The SMILES string of the molecule is COC(=O)Nc1nc2c([nH]1)CNCC2. The van der Waals surface area contributed by atoms with Crippen LogP contribution in [-0.4, -0.2) is 29.7 Å². The molecule has 6 nitrogen and oxygen atoms in total. The molecule has 0 saturated heterocycles. The van der Waals surface area contributed by atoms with E-state index in [2.05, 4.69) is 25.3 Å². The van der Waals surface area contributed by atoms with Crippen molar-refractivity contribution >= 4 is 12.0 Å². The Balaban J connectivity index is 2.12. The lowest BCUT2D eigenvalue weighted by atomic mass is 10.2. The van der Waals surface area contributed by atoms with E-state index in [9.17, 15) is 4.79 Å². The third-order valence-corrected chi connectivity index (χ3v) is 2.11. The number of fused-ring (bicyclic) bond motifs is 1. The number of carbonyl (C=O) groups excluding carboxylic acids is 1. The van der Waals surface area contributed by atoms with Crippen LogP contribution in [0.3, 0.4) is 0 Å². The van der Waals surface area contributed by atoms with Gasteiger partial charge in [0.05, 0.1) is 18.5 Å². The topological polar surface area (TPSA) is 79.0 Å². The van der Waals surface area contributed by atoms with Crippen molar-refractivity contribution in [1.82, 2.24) is 15.3 Å². The molecule has 0 unspecified atom stereocenters. The molecule has 1 aromatic rings.